The van der Waals surface area contributed by atoms with Gasteiger partial charge in [-0.3, -0.25) is 9.59 Å². The highest BCUT2D eigenvalue weighted by Crippen LogP contribution is 2.13. The summed E-state index contributed by atoms with van der Waals surface area (Å²) in [7, 11) is 0. The van der Waals surface area contributed by atoms with Gasteiger partial charge in [-0.05, 0) is 25.7 Å². The van der Waals surface area contributed by atoms with E-state index in [-0.39, 0.29) is 24.6 Å². The van der Waals surface area contributed by atoms with Crippen LogP contribution in [0, 0.1) is 0 Å². The van der Waals surface area contributed by atoms with Crippen LogP contribution in [0.3, 0.4) is 0 Å². The first-order valence-corrected chi connectivity index (χ1v) is 13.5. The highest BCUT2D eigenvalue weighted by Gasteiger charge is 2.16. The Morgan fingerprint density at radius 2 is 0.968 bits per heavy atom. The summed E-state index contributed by atoms with van der Waals surface area (Å²) in [6.07, 6.45) is 21.3. The monoisotopic (exact) mass is 440 g/mol. The average Bonchev–Trinajstić information content (AvgIpc) is 2.76. The molecule has 0 saturated carbocycles. The summed E-state index contributed by atoms with van der Waals surface area (Å²) in [5, 5.41) is 0. The zero-order valence-corrected chi connectivity index (χ0v) is 21.1. The van der Waals surface area contributed by atoms with Crippen LogP contribution in [0.15, 0.2) is 0 Å². The largest absolute Gasteiger partial charge is 0.462 e. The van der Waals surface area contributed by atoms with Crippen molar-refractivity contribution in [2.75, 3.05) is 6.61 Å². The number of hydrogen-bond donors (Lipinski definition) is 0. The Kier molecular flexibility index (Phi) is 22.8. The van der Waals surface area contributed by atoms with Crippen molar-refractivity contribution in [2.24, 2.45) is 0 Å². The van der Waals surface area contributed by atoms with Crippen molar-refractivity contribution >= 4 is 11.9 Å². The second-order valence-electron chi connectivity index (χ2n) is 9.03. The van der Waals surface area contributed by atoms with Gasteiger partial charge in [-0.1, -0.05) is 111 Å². The molecule has 0 aliphatic carbocycles. The highest BCUT2D eigenvalue weighted by molar-refractivity contribution is 5.70. The molecule has 0 aliphatic rings. The molecule has 0 amide bonds. The summed E-state index contributed by atoms with van der Waals surface area (Å²) in [5.74, 6) is -0.296. The number of rotatable bonds is 23. The molecule has 0 saturated heterocycles. The van der Waals surface area contributed by atoms with Crippen LogP contribution in [-0.2, 0) is 19.1 Å². The summed E-state index contributed by atoms with van der Waals surface area (Å²) < 4.78 is 11.1. The van der Waals surface area contributed by atoms with E-state index in [1.807, 2.05) is 0 Å². The number of carbonyl (C=O) groups is 2. The lowest BCUT2D eigenvalue weighted by molar-refractivity contribution is -0.159. The van der Waals surface area contributed by atoms with Crippen molar-refractivity contribution < 1.29 is 19.1 Å². The molecule has 4 nitrogen and oxygen atoms in total. The molecule has 31 heavy (non-hydrogen) atoms. The Morgan fingerprint density at radius 1 is 0.548 bits per heavy atom. The van der Waals surface area contributed by atoms with Crippen LogP contribution in [0.1, 0.15) is 149 Å². The van der Waals surface area contributed by atoms with Gasteiger partial charge in [-0.25, -0.2) is 0 Å². The first-order chi connectivity index (χ1) is 15.1. The third kappa shape index (κ3) is 21.9. The van der Waals surface area contributed by atoms with Gasteiger partial charge in [0.2, 0.25) is 0 Å². The van der Waals surface area contributed by atoms with Crippen LogP contribution in [0.4, 0.5) is 0 Å². The van der Waals surface area contributed by atoms with Crippen molar-refractivity contribution in [3.63, 3.8) is 0 Å². The molecule has 1 unspecified atom stereocenters. The van der Waals surface area contributed by atoms with E-state index < -0.39 is 0 Å². The molecule has 0 aliphatic heterocycles. The van der Waals surface area contributed by atoms with Gasteiger partial charge >= 0.3 is 11.9 Å². The smallest absolute Gasteiger partial charge is 0.306 e. The van der Waals surface area contributed by atoms with E-state index in [0.717, 1.165) is 51.4 Å². The molecule has 0 aromatic rings. The number of unbranched alkanes of at least 4 members (excludes halogenated alkanes) is 14. The lowest BCUT2D eigenvalue weighted by Gasteiger charge is -2.18. The van der Waals surface area contributed by atoms with E-state index in [0.29, 0.717) is 12.8 Å². The number of esters is 2. The van der Waals surface area contributed by atoms with Crippen molar-refractivity contribution in [2.45, 2.75) is 155 Å². The van der Waals surface area contributed by atoms with E-state index >= 15 is 0 Å². The summed E-state index contributed by atoms with van der Waals surface area (Å²) in [6, 6.07) is 0. The number of hydrogen-bond acceptors (Lipinski definition) is 4. The molecule has 0 N–H and O–H groups in total. The molecular weight excluding hydrogens is 388 g/mol. The van der Waals surface area contributed by atoms with Crippen LogP contribution < -0.4 is 0 Å². The molecule has 184 valence electrons. The molecule has 0 bridgehead atoms. The Morgan fingerprint density at radius 3 is 1.48 bits per heavy atom. The van der Waals surface area contributed by atoms with Gasteiger partial charge in [0.25, 0.3) is 0 Å². The van der Waals surface area contributed by atoms with Gasteiger partial charge in [0.1, 0.15) is 12.7 Å². The maximum Gasteiger partial charge on any atom is 0.306 e. The first-order valence-electron chi connectivity index (χ1n) is 13.5. The van der Waals surface area contributed by atoms with Gasteiger partial charge in [-0.15, -0.1) is 0 Å². The summed E-state index contributed by atoms with van der Waals surface area (Å²) in [5.41, 5.74) is 0. The predicted molar refractivity (Wildman–Crippen MR) is 130 cm³/mol. The third-order valence-corrected chi connectivity index (χ3v) is 5.83. The van der Waals surface area contributed by atoms with Crippen LogP contribution in [0.5, 0.6) is 0 Å². The van der Waals surface area contributed by atoms with E-state index in [1.54, 1.807) is 0 Å². The molecule has 1 atom stereocenters. The second-order valence-corrected chi connectivity index (χ2v) is 9.03. The Labute approximate surface area is 193 Å². The third-order valence-electron chi connectivity index (χ3n) is 5.83. The minimum Gasteiger partial charge on any atom is -0.462 e. The zero-order valence-electron chi connectivity index (χ0n) is 21.1. The maximum atomic E-state index is 12.2. The van der Waals surface area contributed by atoms with Crippen molar-refractivity contribution in [3.8, 4) is 0 Å². The topological polar surface area (TPSA) is 52.6 Å². The standard InChI is InChI=1S/C27H52O4/c1-4-7-10-12-14-16-19-22-26(28)30-24-25(21-18-9-6-3)31-27(29)23-20-17-15-13-11-8-5-2/h25H,4-24H2,1-3H3. The molecule has 0 fully saturated rings. The second kappa shape index (κ2) is 23.6. The Balaban J connectivity index is 4.00. The molecular formula is C27H52O4. The normalized spacial score (nSPS) is 12.0. The van der Waals surface area contributed by atoms with Crippen LogP contribution in [0.25, 0.3) is 0 Å². The lowest BCUT2D eigenvalue weighted by atomic mass is 10.1. The van der Waals surface area contributed by atoms with Gasteiger partial charge < -0.3 is 9.47 Å². The Bertz CT molecular complexity index is 408. The SMILES string of the molecule is CCCCCCCCCC(=O)OCC(CCCCC)OC(=O)CCCCCCCCC. The van der Waals surface area contributed by atoms with Gasteiger partial charge in [0, 0.05) is 12.8 Å². The van der Waals surface area contributed by atoms with Crippen molar-refractivity contribution in [1.82, 2.24) is 0 Å². The highest BCUT2D eigenvalue weighted by atomic mass is 16.6. The van der Waals surface area contributed by atoms with Crippen LogP contribution in [0.2, 0.25) is 0 Å². The van der Waals surface area contributed by atoms with Gasteiger partial charge in [0.15, 0.2) is 0 Å². The van der Waals surface area contributed by atoms with Crippen LogP contribution in [-0.4, -0.2) is 24.6 Å². The predicted octanol–water partition coefficient (Wildman–Crippen LogP) is 8.30. The van der Waals surface area contributed by atoms with Crippen LogP contribution >= 0.6 is 0 Å². The molecule has 0 aromatic carbocycles. The number of ether oxygens (including phenoxy) is 2. The van der Waals surface area contributed by atoms with E-state index in [4.69, 9.17) is 9.47 Å². The zero-order chi connectivity index (χ0) is 23.0. The summed E-state index contributed by atoms with van der Waals surface area (Å²) >= 11 is 0. The minimum absolute atomic E-state index is 0.141. The molecule has 0 spiro atoms. The summed E-state index contributed by atoms with van der Waals surface area (Å²) in [4.78, 5) is 24.3. The van der Waals surface area contributed by atoms with Crippen molar-refractivity contribution in [1.29, 1.82) is 0 Å². The molecule has 0 rings (SSSR count). The van der Waals surface area contributed by atoms with E-state index in [2.05, 4.69) is 20.8 Å². The fourth-order valence-electron chi connectivity index (χ4n) is 3.75. The Hall–Kier alpha value is -1.06. The fraction of sp³-hybridized carbons (Fsp3) is 0.926. The molecule has 4 heteroatoms. The first kappa shape index (κ1) is 29.9. The number of carbonyl (C=O) groups excluding carboxylic acids is 2. The lowest BCUT2D eigenvalue weighted by Crippen LogP contribution is -2.25. The van der Waals surface area contributed by atoms with Crippen molar-refractivity contribution in [3.05, 3.63) is 0 Å². The summed E-state index contributed by atoms with van der Waals surface area (Å²) in [6.45, 7) is 6.81. The fourth-order valence-corrected chi connectivity index (χ4v) is 3.75. The minimum atomic E-state index is -0.290. The van der Waals surface area contributed by atoms with Gasteiger partial charge in [0.05, 0.1) is 0 Å². The van der Waals surface area contributed by atoms with Gasteiger partial charge in [-0.2, -0.15) is 0 Å². The maximum absolute atomic E-state index is 12.2. The molecule has 0 radical (unpaired) electrons. The van der Waals surface area contributed by atoms with E-state index in [1.165, 1.54) is 64.2 Å². The van der Waals surface area contributed by atoms with E-state index in [9.17, 15) is 9.59 Å². The molecule has 0 heterocycles. The molecule has 0 aromatic heterocycles. The quantitative estimate of drug-likeness (QED) is 0.118. The average molecular weight is 441 g/mol.